The molecule has 0 aliphatic heterocycles. The van der Waals surface area contributed by atoms with E-state index >= 15 is 0 Å². The van der Waals surface area contributed by atoms with Crippen LogP contribution in [0.5, 0.6) is 0 Å². The van der Waals surface area contributed by atoms with Gasteiger partial charge in [0.25, 0.3) is 0 Å². The van der Waals surface area contributed by atoms with Crippen LogP contribution in [-0.2, 0) is 14.0 Å². The SMILES string of the molecule is CCCCC(N)CCC[C@H](C)CC(=O)N[C@H](C[C@@H](O[Si](C)(C)C(C)(C)C)c1nc(C(=O)OC)cs1)C(C)C. The highest BCUT2D eigenvalue weighted by atomic mass is 32.1. The Labute approximate surface area is 237 Å². The van der Waals surface area contributed by atoms with Crippen molar-refractivity contribution >= 4 is 31.5 Å². The fourth-order valence-corrected chi connectivity index (χ4v) is 6.30. The lowest BCUT2D eigenvalue weighted by Gasteiger charge is -2.40. The number of esters is 1. The highest BCUT2D eigenvalue weighted by molar-refractivity contribution is 7.09. The molecule has 0 aliphatic rings. The van der Waals surface area contributed by atoms with Crippen LogP contribution in [-0.4, -0.2) is 44.4 Å². The van der Waals surface area contributed by atoms with Crippen molar-refractivity contribution in [2.45, 2.75) is 136 Å². The van der Waals surface area contributed by atoms with Gasteiger partial charge in [0.2, 0.25) is 5.91 Å². The number of unbranched alkanes of at least 4 members (excludes halogenated alkanes) is 1. The number of hydrogen-bond acceptors (Lipinski definition) is 7. The molecule has 0 saturated carbocycles. The van der Waals surface area contributed by atoms with Gasteiger partial charge in [-0.15, -0.1) is 11.3 Å². The summed E-state index contributed by atoms with van der Waals surface area (Å²) in [7, 11) is -0.792. The molecule has 0 bridgehead atoms. The first kappa shape index (κ1) is 34.7. The molecule has 0 radical (unpaired) electrons. The molecule has 1 unspecified atom stereocenters. The molecule has 7 nitrogen and oxygen atoms in total. The molecule has 0 saturated heterocycles. The molecule has 4 atom stereocenters. The van der Waals surface area contributed by atoms with Crippen molar-refractivity contribution < 1.29 is 18.8 Å². The molecule has 220 valence electrons. The summed E-state index contributed by atoms with van der Waals surface area (Å²) in [4.78, 5) is 29.7. The quantitative estimate of drug-likeness (QED) is 0.151. The van der Waals surface area contributed by atoms with Crippen LogP contribution >= 0.6 is 11.3 Å². The van der Waals surface area contributed by atoms with Crippen molar-refractivity contribution in [3.8, 4) is 0 Å². The number of amides is 1. The van der Waals surface area contributed by atoms with Gasteiger partial charge in [-0.2, -0.15) is 0 Å². The van der Waals surface area contributed by atoms with Gasteiger partial charge in [-0.1, -0.05) is 74.1 Å². The lowest BCUT2D eigenvalue weighted by atomic mass is 9.95. The third-order valence-corrected chi connectivity index (χ3v) is 13.2. The lowest BCUT2D eigenvalue weighted by Crippen LogP contribution is -2.45. The zero-order valence-corrected chi connectivity index (χ0v) is 27.5. The van der Waals surface area contributed by atoms with Crippen LogP contribution in [0.4, 0.5) is 0 Å². The predicted molar refractivity (Wildman–Crippen MR) is 161 cm³/mol. The van der Waals surface area contributed by atoms with Crippen molar-refractivity contribution in [2.75, 3.05) is 7.11 Å². The average molecular weight is 570 g/mol. The number of hydrogen-bond donors (Lipinski definition) is 2. The van der Waals surface area contributed by atoms with Gasteiger partial charge in [-0.05, 0) is 49.2 Å². The minimum absolute atomic E-state index is 0.0127. The summed E-state index contributed by atoms with van der Waals surface area (Å²) in [5.41, 5.74) is 6.51. The maximum Gasteiger partial charge on any atom is 0.357 e. The summed E-state index contributed by atoms with van der Waals surface area (Å²) >= 11 is 1.41. The fourth-order valence-electron chi connectivity index (χ4n) is 4.12. The van der Waals surface area contributed by atoms with E-state index in [-0.39, 0.29) is 35.1 Å². The summed E-state index contributed by atoms with van der Waals surface area (Å²) in [6.45, 7) is 19.6. The van der Waals surface area contributed by atoms with Gasteiger partial charge in [0, 0.05) is 23.9 Å². The Balaban J connectivity index is 2.91. The topological polar surface area (TPSA) is 104 Å². The Kier molecular flexibility index (Phi) is 14.7. The maximum atomic E-state index is 13.1. The molecule has 1 heterocycles. The third-order valence-electron chi connectivity index (χ3n) is 7.79. The lowest BCUT2D eigenvalue weighted by molar-refractivity contribution is -0.123. The van der Waals surface area contributed by atoms with Gasteiger partial charge in [0.1, 0.15) is 5.01 Å². The number of nitrogens with one attached hydrogen (secondary N) is 1. The number of aromatic nitrogens is 1. The minimum atomic E-state index is -2.15. The molecule has 1 rings (SSSR count). The number of nitrogens with two attached hydrogens (primary N) is 1. The second kappa shape index (κ2) is 16.1. The summed E-state index contributed by atoms with van der Waals surface area (Å²) in [6, 6.07) is 0.196. The Morgan fingerprint density at radius 3 is 2.32 bits per heavy atom. The first-order valence-corrected chi connectivity index (χ1v) is 18.2. The van der Waals surface area contributed by atoms with Crippen LogP contribution in [0.25, 0.3) is 0 Å². The predicted octanol–water partition coefficient (Wildman–Crippen LogP) is 7.24. The largest absolute Gasteiger partial charge is 0.464 e. The summed E-state index contributed by atoms with van der Waals surface area (Å²) in [5, 5.41) is 5.79. The highest BCUT2D eigenvalue weighted by Gasteiger charge is 2.41. The maximum absolute atomic E-state index is 13.1. The van der Waals surface area contributed by atoms with E-state index in [9.17, 15) is 9.59 Å². The van der Waals surface area contributed by atoms with Crippen LogP contribution in [0.2, 0.25) is 18.1 Å². The number of methoxy groups -OCH3 is 1. The first-order valence-electron chi connectivity index (χ1n) is 14.4. The molecule has 1 aromatic rings. The van der Waals surface area contributed by atoms with Crippen LogP contribution in [0.3, 0.4) is 0 Å². The van der Waals surface area contributed by atoms with E-state index < -0.39 is 14.3 Å². The molecule has 0 aliphatic carbocycles. The van der Waals surface area contributed by atoms with E-state index in [0.717, 1.165) is 30.7 Å². The van der Waals surface area contributed by atoms with Crippen LogP contribution in [0.15, 0.2) is 5.38 Å². The standard InChI is InChI=1S/C29H55N3O4SSi/c1-11-12-15-22(30)16-13-14-21(4)17-26(33)31-23(20(2)3)18-25(36-38(9,10)29(5,6)7)27-32-24(19-37-27)28(34)35-8/h19-23,25H,11-18,30H2,1-10H3,(H,31,33)/t21-,22?,23+,25+/m0/s1. The van der Waals surface area contributed by atoms with E-state index in [1.54, 1.807) is 5.38 Å². The Morgan fingerprint density at radius 1 is 1.13 bits per heavy atom. The minimum Gasteiger partial charge on any atom is -0.464 e. The molecular formula is C29H55N3O4SSi. The molecule has 3 N–H and O–H groups in total. The van der Waals surface area contributed by atoms with Crippen LogP contribution in [0.1, 0.15) is 121 Å². The van der Waals surface area contributed by atoms with Gasteiger partial charge in [-0.25, -0.2) is 9.78 Å². The molecule has 0 fully saturated rings. The Morgan fingerprint density at radius 2 is 1.76 bits per heavy atom. The second-order valence-electron chi connectivity index (χ2n) is 12.7. The molecule has 1 aromatic heterocycles. The van der Waals surface area contributed by atoms with Crippen LogP contribution < -0.4 is 11.1 Å². The Bertz CT molecular complexity index is 853. The summed E-state index contributed by atoms with van der Waals surface area (Å²) < 4.78 is 11.7. The van der Waals surface area contributed by atoms with Crippen molar-refractivity contribution in [3.05, 3.63) is 16.1 Å². The fraction of sp³-hybridized carbons (Fsp3) is 0.828. The van der Waals surface area contributed by atoms with Gasteiger partial charge in [0.05, 0.1) is 13.2 Å². The van der Waals surface area contributed by atoms with Gasteiger partial charge in [0.15, 0.2) is 14.0 Å². The number of ether oxygens (including phenoxy) is 1. The molecule has 1 amide bonds. The number of carbonyl (C=O) groups excluding carboxylic acids is 2. The normalized spacial score (nSPS) is 15.7. The smallest absolute Gasteiger partial charge is 0.357 e. The van der Waals surface area contributed by atoms with E-state index in [1.165, 1.54) is 31.3 Å². The molecular weight excluding hydrogens is 514 g/mol. The van der Waals surface area contributed by atoms with Crippen molar-refractivity contribution in [2.24, 2.45) is 17.6 Å². The average Bonchev–Trinajstić information content (AvgIpc) is 3.30. The zero-order valence-electron chi connectivity index (χ0n) is 25.7. The van der Waals surface area contributed by atoms with Gasteiger partial charge < -0.3 is 20.2 Å². The molecule has 38 heavy (non-hydrogen) atoms. The van der Waals surface area contributed by atoms with Crippen molar-refractivity contribution in [1.29, 1.82) is 0 Å². The van der Waals surface area contributed by atoms with E-state index in [2.05, 4.69) is 71.9 Å². The van der Waals surface area contributed by atoms with E-state index in [0.29, 0.717) is 24.5 Å². The van der Waals surface area contributed by atoms with E-state index in [1.807, 2.05) is 0 Å². The molecule has 0 aromatic carbocycles. The van der Waals surface area contributed by atoms with E-state index in [4.69, 9.17) is 14.9 Å². The highest BCUT2D eigenvalue weighted by Crippen LogP contribution is 2.41. The Hall–Kier alpha value is -1.29. The number of nitrogens with zero attached hydrogens (tertiary/aromatic N) is 1. The van der Waals surface area contributed by atoms with Crippen LogP contribution in [0, 0.1) is 11.8 Å². The summed E-state index contributed by atoms with van der Waals surface area (Å²) in [6.07, 6.45) is 7.32. The summed E-state index contributed by atoms with van der Waals surface area (Å²) in [5.74, 6) is 0.151. The van der Waals surface area contributed by atoms with Gasteiger partial charge >= 0.3 is 5.97 Å². The first-order chi connectivity index (χ1) is 17.6. The number of rotatable bonds is 17. The second-order valence-corrected chi connectivity index (χ2v) is 18.4. The zero-order chi connectivity index (χ0) is 29.1. The van der Waals surface area contributed by atoms with Crippen molar-refractivity contribution in [1.82, 2.24) is 10.3 Å². The third kappa shape index (κ3) is 11.8. The molecule has 0 spiro atoms. The van der Waals surface area contributed by atoms with Crippen molar-refractivity contribution in [3.63, 3.8) is 0 Å². The van der Waals surface area contributed by atoms with Gasteiger partial charge in [-0.3, -0.25) is 4.79 Å². The number of carbonyl (C=O) groups is 2. The monoisotopic (exact) mass is 569 g/mol. The molecule has 9 heteroatoms. The number of thiazole rings is 1.